The van der Waals surface area contributed by atoms with Gasteiger partial charge in [0.1, 0.15) is 43.2 Å². The van der Waals surface area contributed by atoms with Crippen molar-refractivity contribution < 1.29 is 63.1 Å². The zero-order valence-corrected chi connectivity index (χ0v) is 37.4. The summed E-state index contributed by atoms with van der Waals surface area (Å²) in [6.07, 6.45) is 29.9. The van der Waals surface area contributed by atoms with E-state index >= 15 is 0 Å². The molecule has 0 aromatic carbocycles. The van der Waals surface area contributed by atoms with Gasteiger partial charge in [-0.2, -0.15) is 0 Å². The number of phosphoric ester groups is 1. The molecule has 0 aromatic heterocycles. The highest BCUT2D eigenvalue weighted by Gasteiger charge is 2.51. The first-order chi connectivity index (χ1) is 28.9. The number of hydrogen-bond acceptors (Lipinski definition) is 12. The highest BCUT2D eigenvalue weighted by molar-refractivity contribution is 7.47. The lowest BCUT2D eigenvalue weighted by atomic mass is 9.85. The summed E-state index contributed by atoms with van der Waals surface area (Å²) in [4.78, 5) is 35.7. The quantitative estimate of drug-likeness (QED) is 0.0151. The smallest absolute Gasteiger partial charge is 0.462 e. The molecule has 8 atom stereocenters. The average Bonchev–Trinajstić information content (AvgIpc) is 3.23. The normalized spacial score (nSPS) is 22.7. The highest BCUT2D eigenvalue weighted by atomic mass is 31.2. The Morgan fingerprint density at radius 3 is 1.42 bits per heavy atom. The van der Waals surface area contributed by atoms with Gasteiger partial charge in [-0.15, -0.1) is 0 Å². The number of carbonyl (C=O) groups is 2. The van der Waals surface area contributed by atoms with Gasteiger partial charge in [0.05, 0.1) is 6.61 Å². The van der Waals surface area contributed by atoms with E-state index in [0.717, 1.165) is 89.9 Å². The van der Waals surface area contributed by atoms with Gasteiger partial charge in [0.15, 0.2) is 6.10 Å². The third-order valence-corrected chi connectivity index (χ3v) is 11.1. The first-order valence-corrected chi connectivity index (χ1v) is 24.1. The molecule has 346 valence electrons. The summed E-state index contributed by atoms with van der Waals surface area (Å²) >= 11 is 0. The molecule has 1 rings (SSSR count). The fraction of sp³-hybridized carbons (Fsp3) is 0.739. The molecular weight excluding hydrogens is 791 g/mol. The number of aliphatic hydroxyl groups excluding tert-OH is 5. The molecule has 0 radical (unpaired) electrons. The Balaban J connectivity index is 2.50. The summed E-state index contributed by atoms with van der Waals surface area (Å²) in [6, 6.07) is 0. The van der Waals surface area contributed by atoms with Gasteiger partial charge < -0.3 is 39.9 Å². The molecular formula is C46H79O13P. The molecule has 1 aliphatic carbocycles. The van der Waals surface area contributed by atoms with E-state index in [9.17, 15) is 44.6 Å². The van der Waals surface area contributed by atoms with Crippen molar-refractivity contribution in [2.75, 3.05) is 13.2 Å². The lowest BCUT2D eigenvalue weighted by molar-refractivity contribution is -0.220. The van der Waals surface area contributed by atoms with Crippen molar-refractivity contribution in [2.45, 2.75) is 204 Å². The summed E-state index contributed by atoms with van der Waals surface area (Å²) in [5.41, 5.74) is 0. The Labute approximate surface area is 360 Å². The van der Waals surface area contributed by atoms with Crippen LogP contribution in [0.2, 0.25) is 0 Å². The molecule has 1 saturated carbocycles. The summed E-state index contributed by atoms with van der Waals surface area (Å²) < 4.78 is 33.5. The number of esters is 2. The number of rotatable bonds is 36. The Morgan fingerprint density at radius 2 is 0.917 bits per heavy atom. The van der Waals surface area contributed by atoms with E-state index in [1.54, 1.807) is 0 Å². The molecule has 0 amide bonds. The Bertz CT molecular complexity index is 1280. The van der Waals surface area contributed by atoms with Crippen LogP contribution in [0.15, 0.2) is 60.8 Å². The second-order valence-corrected chi connectivity index (χ2v) is 16.9. The van der Waals surface area contributed by atoms with Crippen LogP contribution in [0, 0.1) is 0 Å². The van der Waals surface area contributed by atoms with E-state index in [-0.39, 0.29) is 12.8 Å². The Kier molecular flexibility index (Phi) is 33.4. The van der Waals surface area contributed by atoms with Crippen molar-refractivity contribution in [2.24, 2.45) is 0 Å². The monoisotopic (exact) mass is 871 g/mol. The lowest BCUT2D eigenvalue weighted by Gasteiger charge is -2.41. The number of allylic oxidation sites excluding steroid dienone is 10. The molecule has 0 aromatic rings. The van der Waals surface area contributed by atoms with Crippen LogP contribution in [0.4, 0.5) is 0 Å². The van der Waals surface area contributed by atoms with Crippen LogP contribution in [0.5, 0.6) is 0 Å². The molecule has 0 heterocycles. The average molecular weight is 871 g/mol. The summed E-state index contributed by atoms with van der Waals surface area (Å²) in [6.45, 7) is 3.18. The predicted octanol–water partition coefficient (Wildman–Crippen LogP) is 8.55. The van der Waals surface area contributed by atoms with E-state index in [1.165, 1.54) is 32.1 Å². The number of hydrogen-bond donors (Lipinski definition) is 6. The number of phosphoric acid groups is 1. The first kappa shape index (κ1) is 55.6. The maximum atomic E-state index is 12.8. The second-order valence-electron chi connectivity index (χ2n) is 15.5. The van der Waals surface area contributed by atoms with Gasteiger partial charge in [-0.3, -0.25) is 18.6 Å². The SMILES string of the molecule is CCCC/C=C/C/C=C/CCCCCCCC(=O)O[C@@H](COC(=O)CCCCCC/C=C/C/C=C/C/C=C/CCCCC)COP(=O)(O)OC1C(O)C(O)C(O)[C@H](O)C1O. The van der Waals surface area contributed by atoms with Crippen LogP contribution in [-0.2, 0) is 32.7 Å². The highest BCUT2D eigenvalue weighted by Crippen LogP contribution is 2.47. The molecule has 6 N–H and O–H groups in total. The molecule has 60 heavy (non-hydrogen) atoms. The van der Waals surface area contributed by atoms with Gasteiger partial charge >= 0.3 is 19.8 Å². The van der Waals surface area contributed by atoms with Crippen molar-refractivity contribution in [3.63, 3.8) is 0 Å². The zero-order chi connectivity index (χ0) is 44.3. The van der Waals surface area contributed by atoms with E-state index in [2.05, 4.69) is 74.6 Å². The van der Waals surface area contributed by atoms with Gasteiger partial charge in [-0.1, -0.05) is 132 Å². The van der Waals surface area contributed by atoms with E-state index < -0.39 is 75.7 Å². The second kappa shape index (κ2) is 36.1. The van der Waals surface area contributed by atoms with Crippen molar-refractivity contribution in [3.05, 3.63) is 60.8 Å². The molecule has 0 aliphatic heterocycles. The van der Waals surface area contributed by atoms with Crippen molar-refractivity contribution in [1.29, 1.82) is 0 Å². The minimum atomic E-state index is -5.13. The standard InChI is InChI=1S/C46H79O13P/c1-3-5-7-9-11-13-15-17-19-20-21-23-24-26-28-30-32-34-39(47)56-36-38(37-57-60(54,55)59-46-44(52)42(50)41(49)43(51)45(46)53)58-40(48)35-33-31-29-27-25-22-18-16-14-12-10-8-6-4-2/h10-13,16-19,21,23,38,41-46,49-53H,3-9,14-15,20,22,24-37H2,1-2H3,(H,54,55)/b12-10+,13-11+,18-16+,19-17+,23-21+/t38-,41?,42-,43?,44?,45?,46?/m0/s1. The van der Waals surface area contributed by atoms with Crippen LogP contribution < -0.4 is 0 Å². The Morgan fingerprint density at radius 1 is 0.517 bits per heavy atom. The summed E-state index contributed by atoms with van der Waals surface area (Å²) in [5.74, 6) is -1.15. The molecule has 0 saturated heterocycles. The van der Waals surface area contributed by atoms with Crippen LogP contribution in [0.3, 0.4) is 0 Å². The van der Waals surface area contributed by atoms with Crippen LogP contribution >= 0.6 is 7.82 Å². The number of aliphatic hydroxyl groups is 5. The first-order valence-electron chi connectivity index (χ1n) is 22.6. The fourth-order valence-corrected chi connectivity index (χ4v) is 7.34. The van der Waals surface area contributed by atoms with Gasteiger partial charge in [0, 0.05) is 12.8 Å². The van der Waals surface area contributed by atoms with E-state index in [0.29, 0.717) is 12.8 Å². The topological polar surface area (TPSA) is 210 Å². The Hall–Kier alpha value is -2.45. The fourth-order valence-electron chi connectivity index (χ4n) is 6.37. The minimum Gasteiger partial charge on any atom is -0.462 e. The van der Waals surface area contributed by atoms with E-state index in [1.807, 2.05) is 0 Å². The number of ether oxygens (including phenoxy) is 2. The molecule has 6 unspecified atom stereocenters. The number of carbonyl (C=O) groups excluding carboxylic acids is 2. The molecule has 1 fully saturated rings. The third kappa shape index (κ3) is 28.2. The maximum Gasteiger partial charge on any atom is 0.472 e. The summed E-state index contributed by atoms with van der Waals surface area (Å²) in [5, 5.41) is 50.1. The van der Waals surface area contributed by atoms with Crippen LogP contribution in [-0.4, -0.2) is 98.3 Å². The van der Waals surface area contributed by atoms with Crippen molar-refractivity contribution in [3.8, 4) is 0 Å². The largest absolute Gasteiger partial charge is 0.472 e. The van der Waals surface area contributed by atoms with Crippen molar-refractivity contribution >= 4 is 19.8 Å². The lowest BCUT2D eigenvalue weighted by Crippen LogP contribution is -2.64. The summed E-state index contributed by atoms with van der Waals surface area (Å²) in [7, 11) is -5.13. The van der Waals surface area contributed by atoms with Crippen LogP contribution in [0.25, 0.3) is 0 Å². The van der Waals surface area contributed by atoms with Gasteiger partial charge in [-0.25, -0.2) is 4.57 Å². The van der Waals surface area contributed by atoms with Gasteiger partial charge in [0.2, 0.25) is 0 Å². The predicted molar refractivity (Wildman–Crippen MR) is 235 cm³/mol. The van der Waals surface area contributed by atoms with E-state index in [4.69, 9.17) is 18.5 Å². The third-order valence-electron chi connectivity index (χ3n) is 10.1. The van der Waals surface area contributed by atoms with Gasteiger partial charge in [-0.05, 0) is 77.0 Å². The molecule has 1 aliphatic rings. The molecule has 13 nitrogen and oxygen atoms in total. The van der Waals surface area contributed by atoms with Crippen LogP contribution in [0.1, 0.15) is 162 Å². The molecule has 14 heteroatoms. The maximum absolute atomic E-state index is 12.8. The minimum absolute atomic E-state index is 0.0727. The molecule has 0 bridgehead atoms. The van der Waals surface area contributed by atoms with Gasteiger partial charge in [0.25, 0.3) is 0 Å². The molecule has 0 spiro atoms. The zero-order valence-electron chi connectivity index (χ0n) is 36.5. The van der Waals surface area contributed by atoms with Crippen molar-refractivity contribution in [1.82, 2.24) is 0 Å². The number of unbranched alkanes of at least 4 members (excludes halogenated alkanes) is 14.